The van der Waals surface area contributed by atoms with Gasteiger partial charge in [0.15, 0.2) is 0 Å². The molecular formula is C18H18OS. The van der Waals surface area contributed by atoms with Gasteiger partial charge in [0.25, 0.3) is 0 Å². The molecule has 0 spiro atoms. The maximum Gasteiger partial charge on any atom is 0.119 e. The molecule has 3 aromatic rings. The largest absolute Gasteiger partial charge is 0.494 e. The summed E-state index contributed by atoms with van der Waals surface area (Å²) in [7, 11) is 0. The first-order chi connectivity index (χ1) is 9.78. The highest BCUT2D eigenvalue weighted by Gasteiger charge is 2.09. The quantitative estimate of drug-likeness (QED) is 0.639. The van der Waals surface area contributed by atoms with Crippen LogP contribution in [0.5, 0.6) is 5.75 Å². The molecule has 0 aliphatic heterocycles. The first-order valence-corrected chi connectivity index (χ1v) is 7.78. The lowest BCUT2D eigenvalue weighted by Crippen LogP contribution is -1.93. The van der Waals surface area contributed by atoms with E-state index in [2.05, 4.69) is 55.5 Å². The molecule has 0 amide bonds. The van der Waals surface area contributed by atoms with E-state index in [1.807, 2.05) is 18.3 Å². The highest BCUT2D eigenvalue weighted by atomic mass is 32.1. The Morgan fingerprint density at radius 2 is 1.75 bits per heavy atom. The third-order valence-corrected chi connectivity index (χ3v) is 4.64. The van der Waals surface area contributed by atoms with E-state index in [9.17, 15) is 0 Å². The lowest BCUT2D eigenvalue weighted by molar-refractivity contribution is 0.340. The molecule has 1 nitrogen and oxygen atoms in total. The summed E-state index contributed by atoms with van der Waals surface area (Å²) in [6.45, 7) is 4.94. The molecule has 0 saturated carbocycles. The van der Waals surface area contributed by atoms with E-state index < -0.39 is 0 Å². The van der Waals surface area contributed by atoms with Crippen LogP contribution in [0.1, 0.15) is 22.9 Å². The monoisotopic (exact) mass is 282 g/mol. The summed E-state index contributed by atoms with van der Waals surface area (Å²) in [6.07, 6.45) is 0.988. The topological polar surface area (TPSA) is 9.23 Å². The van der Waals surface area contributed by atoms with Gasteiger partial charge in [0.1, 0.15) is 5.75 Å². The van der Waals surface area contributed by atoms with Gasteiger partial charge in [-0.05, 0) is 55.0 Å². The first-order valence-electron chi connectivity index (χ1n) is 6.96. The number of hydrogen-bond donors (Lipinski definition) is 0. The summed E-state index contributed by atoms with van der Waals surface area (Å²) in [5, 5.41) is 1.39. The van der Waals surface area contributed by atoms with Gasteiger partial charge in [-0.2, -0.15) is 0 Å². The Morgan fingerprint density at radius 3 is 2.50 bits per heavy atom. The second kappa shape index (κ2) is 5.68. The van der Waals surface area contributed by atoms with E-state index in [4.69, 9.17) is 4.74 Å². The third kappa shape index (κ3) is 2.56. The van der Waals surface area contributed by atoms with E-state index in [1.165, 1.54) is 26.1 Å². The molecule has 3 rings (SSSR count). The van der Waals surface area contributed by atoms with Crippen LogP contribution in [0.3, 0.4) is 0 Å². The van der Waals surface area contributed by atoms with Gasteiger partial charge in [-0.25, -0.2) is 0 Å². The minimum Gasteiger partial charge on any atom is -0.494 e. The van der Waals surface area contributed by atoms with Crippen LogP contribution < -0.4 is 4.74 Å². The maximum absolute atomic E-state index is 5.49. The van der Waals surface area contributed by atoms with Crippen molar-refractivity contribution >= 4 is 21.4 Å². The number of fused-ring (bicyclic) bond motifs is 1. The molecule has 0 atom stereocenters. The van der Waals surface area contributed by atoms with Gasteiger partial charge in [0.05, 0.1) is 6.61 Å². The van der Waals surface area contributed by atoms with Crippen molar-refractivity contribution in [1.29, 1.82) is 0 Å². The second-order valence-electron chi connectivity index (χ2n) is 4.89. The summed E-state index contributed by atoms with van der Waals surface area (Å²) in [5.74, 6) is 0.947. The molecular weight excluding hydrogens is 264 g/mol. The zero-order valence-corrected chi connectivity index (χ0v) is 12.7. The molecule has 0 unspecified atom stereocenters. The van der Waals surface area contributed by atoms with E-state index in [0.717, 1.165) is 12.2 Å². The van der Waals surface area contributed by atoms with Crippen LogP contribution in [0.15, 0.2) is 48.5 Å². The molecule has 20 heavy (non-hydrogen) atoms. The Morgan fingerprint density at radius 1 is 1.00 bits per heavy atom. The summed E-state index contributed by atoms with van der Waals surface area (Å²) < 4.78 is 6.87. The second-order valence-corrected chi connectivity index (χ2v) is 6.14. The molecule has 1 aromatic heterocycles. The Balaban J connectivity index is 1.91. The lowest BCUT2D eigenvalue weighted by atomic mass is 10.0. The van der Waals surface area contributed by atoms with Gasteiger partial charge in [-0.1, -0.05) is 30.3 Å². The molecule has 0 aliphatic carbocycles. The molecule has 0 saturated heterocycles. The normalized spacial score (nSPS) is 10.9. The van der Waals surface area contributed by atoms with Gasteiger partial charge in [-0.3, -0.25) is 0 Å². The summed E-state index contributed by atoms with van der Waals surface area (Å²) >= 11 is 1.88. The van der Waals surface area contributed by atoms with Gasteiger partial charge >= 0.3 is 0 Å². The number of thiophene rings is 1. The maximum atomic E-state index is 5.49. The van der Waals surface area contributed by atoms with Gasteiger partial charge in [-0.15, -0.1) is 11.3 Å². The van der Waals surface area contributed by atoms with Crippen LogP contribution in [0, 0.1) is 6.92 Å². The molecule has 0 aliphatic rings. The van der Waals surface area contributed by atoms with Gasteiger partial charge in [0, 0.05) is 9.58 Å². The van der Waals surface area contributed by atoms with Crippen LogP contribution in [0.4, 0.5) is 0 Å². The van der Waals surface area contributed by atoms with Crippen LogP contribution in [-0.4, -0.2) is 6.61 Å². The smallest absolute Gasteiger partial charge is 0.119 e. The molecule has 1 heterocycles. The van der Waals surface area contributed by atoms with Crippen molar-refractivity contribution in [2.75, 3.05) is 6.61 Å². The Kier molecular flexibility index (Phi) is 3.75. The minimum atomic E-state index is 0.716. The van der Waals surface area contributed by atoms with E-state index in [-0.39, 0.29) is 0 Å². The Hall–Kier alpha value is -1.80. The molecule has 0 bridgehead atoms. The number of benzene rings is 2. The van der Waals surface area contributed by atoms with Crippen LogP contribution >= 0.6 is 11.3 Å². The van der Waals surface area contributed by atoms with Crippen molar-refractivity contribution in [3.8, 4) is 5.75 Å². The third-order valence-electron chi connectivity index (χ3n) is 3.52. The minimum absolute atomic E-state index is 0.716. The van der Waals surface area contributed by atoms with Gasteiger partial charge < -0.3 is 4.74 Å². The molecule has 0 fully saturated rings. The van der Waals surface area contributed by atoms with E-state index in [1.54, 1.807) is 0 Å². The SMILES string of the molecule is CCOc1ccc(Cc2c(C)sc3ccccc23)cc1. The van der Waals surface area contributed by atoms with Crippen molar-refractivity contribution in [3.05, 3.63) is 64.5 Å². The highest BCUT2D eigenvalue weighted by Crippen LogP contribution is 2.32. The van der Waals surface area contributed by atoms with E-state index >= 15 is 0 Å². The zero-order chi connectivity index (χ0) is 13.9. The highest BCUT2D eigenvalue weighted by molar-refractivity contribution is 7.19. The van der Waals surface area contributed by atoms with Crippen molar-refractivity contribution in [3.63, 3.8) is 0 Å². The molecule has 2 aromatic carbocycles. The average Bonchev–Trinajstić information content (AvgIpc) is 2.78. The standard InChI is InChI=1S/C18H18OS/c1-3-19-15-10-8-14(9-11-15)12-17-13(2)20-18-7-5-4-6-16(17)18/h4-11H,3,12H2,1-2H3. The molecule has 0 N–H and O–H groups in total. The van der Waals surface area contributed by atoms with Crippen molar-refractivity contribution in [2.24, 2.45) is 0 Å². The predicted molar refractivity (Wildman–Crippen MR) is 87.0 cm³/mol. The molecule has 2 heteroatoms. The molecule has 0 radical (unpaired) electrons. The summed E-state index contributed by atoms with van der Waals surface area (Å²) in [4.78, 5) is 1.42. The van der Waals surface area contributed by atoms with Crippen LogP contribution in [-0.2, 0) is 6.42 Å². The van der Waals surface area contributed by atoms with Crippen molar-refractivity contribution in [1.82, 2.24) is 0 Å². The summed E-state index contributed by atoms with van der Waals surface area (Å²) in [6, 6.07) is 17.1. The predicted octanol–water partition coefficient (Wildman–Crippen LogP) is 5.20. The van der Waals surface area contributed by atoms with Crippen molar-refractivity contribution < 1.29 is 4.74 Å². The number of rotatable bonds is 4. The Labute approximate surface area is 123 Å². The average molecular weight is 282 g/mol. The van der Waals surface area contributed by atoms with Crippen LogP contribution in [0.2, 0.25) is 0 Å². The van der Waals surface area contributed by atoms with Crippen molar-refractivity contribution in [2.45, 2.75) is 20.3 Å². The number of aryl methyl sites for hydroxylation is 1. The lowest BCUT2D eigenvalue weighted by Gasteiger charge is -2.06. The zero-order valence-electron chi connectivity index (χ0n) is 11.8. The fourth-order valence-corrected chi connectivity index (χ4v) is 3.60. The number of hydrogen-bond acceptors (Lipinski definition) is 2. The van der Waals surface area contributed by atoms with Gasteiger partial charge in [0.2, 0.25) is 0 Å². The number of ether oxygens (including phenoxy) is 1. The van der Waals surface area contributed by atoms with Crippen LogP contribution in [0.25, 0.3) is 10.1 Å². The molecule has 102 valence electrons. The fourth-order valence-electron chi connectivity index (χ4n) is 2.52. The fraction of sp³-hybridized carbons (Fsp3) is 0.222. The summed E-state index contributed by atoms with van der Waals surface area (Å²) in [5.41, 5.74) is 2.79. The first kappa shape index (κ1) is 13.2. The Bertz CT molecular complexity index is 710. The van der Waals surface area contributed by atoms with E-state index in [0.29, 0.717) is 6.61 Å².